The zero-order valence-corrected chi connectivity index (χ0v) is 20.4. The summed E-state index contributed by atoms with van der Waals surface area (Å²) in [4.78, 5) is 13.4. The van der Waals surface area contributed by atoms with E-state index in [0.29, 0.717) is 43.5 Å². The predicted octanol–water partition coefficient (Wildman–Crippen LogP) is 6.24. The highest BCUT2D eigenvalue weighted by molar-refractivity contribution is 6.42. The SMILES string of the molecule is Cc1ccc(C(O)(c2cc(C)c3nc(Cl)c(-c4ccccc4)c(Cl)c3c2)c2cncn2C)cn1. The van der Waals surface area contributed by atoms with Gasteiger partial charge < -0.3 is 9.67 Å². The Morgan fingerprint density at radius 1 is 0.941 bits per heavy atom. The molecular weight excluding hydrogens is 467 g/mol. The van der Waals surface area contributed by atoms with Gasteiger partial charge in [-0.15, -0.1) is 0 Å². The minimum Gasteiger partial charge on any atom is -0.374 e. The Labute approximate surface area is 207 Å². The van der Waals surface area contributed by atoms with Crippen LogP contribution >= 0.6 is 23.2 Å². The summed E-state index contributed by atoms with van der Waals surface area (Å²) in [5.41, 5.74) is 4.29. The van der Waals surface area contributed by atoms with Crippen molar-refractivity contribution < 1.29 is 5.11 Å². The number of imidazole rings is 1. The monoisotopic (exact) mass is 488 g/mol. The molecule has 0 saturated heterocycles. The number of aryl methyl sites for hydroxylation is 3. The van der Waals surface area contributed by atoms with E-state index in [-0.39, 0.29) is 0 Å². The number of fused-ring (bicyclic) bond motifs is 1. The zero-order chi connectivity index (χ0) is 24.0. The molecule has 5 aromatic rings. The number of aliphatic hydroxyl groups is 1. The van der Waals surface area contributed by atoms with Gasteiger partial charge in [-0.2, -0.15) is 0 Å². The fourth-order valence-corrected chi connectivity index (χ4v) is 5.06. The molecular formula is C27H22Cl2N4O. The van der Waals surface area contributed by atoms with Crippen molar-refractivity contribution >= 4 is 34.1 Å². The molecule has 0 aliphatic rings. The molecule has 0 amide bonds. The third kappa shape index (κ3) is 3.57. The van der Waals surface area contributed by atoms with E-state index in [9.17, 15) is 5.11 Å². The molecule has 3 aromatic heterocycles. The van der Waals surface area contributed by atoms with Gasteiger partial charge in [0, 0.05) is 35.5 Å². The molecule has 0 spiro atoms. The van der Waals surface area contributed by atoms with Crippen molar-refractivity contribution in [1.29, 1.82) is 0 Å². The van der Waals surface area contributed by atoms with Crippen molar-refractivity contribution in [1.82, 2.24) is 19.5 Å². The Balaban J connectivity index is 1.83. The molecule has 0 aliphatic heterocycles. The van der Waals surface area contributed by atoms with Crippen LogP contribution < -0.4 is 0 Å². The van der Waals surface area contributed by atoms with Crippen molar-refractivity contribution in [3.05, 3.63) is 112 Å². The molecule has 1 atom stereocenters. The maximum Gasteiger partial charge on any atom is 0.158 e. The predicted molar refractivity (Wildman–Crippen MR) is 136 cm³/mol. The van der Waals surface area contributed by atoms with Crippen LogP contribution in [0.5, 0.6) is 0 Å². The van der Waals surface area contributed by atoms with Crippen LogP contribution in [-0.4, -0.2) is 24.6 Å². The zero-order valence-electron chi connectivity index (χ0n) is 18.9. The van der Waals surface area contributed by atoms with Gasteiger partial charge in [0.2, 0.25) is 0 Å². The van der Waals surface area contributed by atoms with Gasteiger partial charge in [0.15, 0.2) is 5.60 Å². The fourth-order valence-electron chi connectivity index (χ4n) is 4.38. The molecule has 1 N–H and O–H groups in total. The van der Waals surface area contributed by atoms with Crippen LogP contribution in [0.1, 0.15) is 28.1 Å². The lowest BCUT2D eigenvalue weighted by Crippen LogP contribution is -2.31. The van der Waals surface area contributed by atoms with E-state index in [2.05, 4.69) is 15.0 Å². The number of hydrogen-bond acceptors (Lipinski definition) is 4. The summed E-state index contributed by atoms with van der Waals surface area (Å²) in [6.45, 7) is 3.85. The van der Waals surface area contributed by atoms with Gasteiger partial charge in [0.25, 0.3) is 0 Å². The summed E-state index contributed by atoms with van der Waals surface area (Å²) in [5.74, 6) is 0. The maximum atomic E-state index is 12.3. The molecule has 0 saturated carbocycles. The topological polar surface area (TPSA) is 63.8 Å². The van der Waals surface area contributed by atoms with Crippen LogP contribution in [0.25, 0.3) is 22.0 Å². The van der Waals surface area contributed by atoms with Crippen LogP contribution in [0.2, 0.25) is 10.2 Å². The van der Waals surface area contributed by atoms with Crippen LogP contribution in [0, 0.1) is 13.8 Å². The van der Waals surface area contributed by atoms with Crippen molar-refractivity contribution in [3.63, 3.8) is 0 Å². The highest BCUT2D eigenvalue weighted by Gasteiger charge is 2.37. The average molecular weight is 489 g/mol. The van der Waals surface area contributed by atoms with E-state index in [1.165, 1.54) is 0 Å². The Kier molecular flexibility index (Phi) is 5.64. The van der Waals surface area contributed by atoms with E-state index >= 15 is 0 Å². The second-order valence-corrected chi connectivity index (χ2v) is 9.17. The van der Waals surface area contributed by atoms with Crippen LogP contribution in [0.4, 0.5) is 0 Å². The van der Waals surface area contributed by atoms with Gasteiger partial charge in [-0.25, -0.2) is 9.97 Å². The normalized spacial score (nSPS) is 13.2. The number of halogens is 2. The van der Waals surface area contributed by atoms with E-state index in [1.54, 1.807) is 23.3 Å². The van der Waals surface area contributed by atoms with Gasteiger partial charge >= 0.3 is 0 Å². The molecule has 7 heteroatoms. The number of pyridine rings is 2. The average Bonchev–Trinajstić information content (AvgIpc) is 3.27. The van der Waals surface area contributed by atoms with Crippen LogP contribution in [-0.2, 0) is 12.6 Å². The Morgan fingerprint density at radius 3 is 2.35 bits per heavy atom. The fraction of sp³-hybridized carbons (Fsp3) is 0.148. The second-order valence-electron chi connectivity index (χ2n) is 8.44. The van der Waals surface area contributed by atoms with E-state index in [1.807, 2.05) is 75.5 Å². The third-order valence-electron chi connectivity index (χ3n) is 6.17. The van der Waals surface area contributed by atoms with Gasteiger partial charge in [0.05, 0.1) is 28.8 Å². The van der Waals surface area contributed by atoms with Crippen LogP contribution in [0.15, 0.2) is 73.3 Å². The van der Waals surface area contributed by atoms with Crippen molar-refractivity contribution in [2.45, 2.75) is 19.4 Å². The number of hydrogen-bond donors (Lipinski definition) is 1. The summed E-state index contributed by atoms with van der Waals surface area (Å²) in [6, 6.07) is 17.2. The van der Waals surface area contributed by atoms with Gasteiger partial charge in [-0.1, -0.05) is 65.7 Å². The Morgan fingerprint density at radius 2 is 1.71 bits per heavy atom. The summed E-state index contributed by atoms with van der Waals surface area (Å²) in [6.07, 6.45) is 5.02. The molecule has 3 heterocycles. The molecule has 0 radical (unpaired) electrons. The molecule has 34 heavy (non-hydrogen) atoms. The maximum absolute atomic E-state index is 12.3. The first-order valence-electron chi connectivity index (χ1n) is 10.8. The first kappa shape index (κ1) is 22.5. The van der Waals surface area contributed by atoms with Gasteiger partial charge in [-0.3, -0.25) is 4.98 Å². The number of rotatable bonds is 4. The molecule has 0 bridgehead atoms. The van der Waals surface area contributed by atoms with Crippen molar-refractivity contribution in [2.75, 3.05) is 0 Å². The molecule has 2 aromatic carbocycles. The molecule has 0 fully saturated rings. The minimum atomic E-state index is -1.51. The standard InChI is InChI=1S/C27H22Cl2N4O/c1-16-11-20(27(34,22-14-30-15-33(22)3)19-10-9-17(2)31-13-19)12-21-24(28)23(26(29)32-25(16)21)18-7-5-4-6-8-18/h4-15,34H,1-3H3. The Bertz CT molecular complexity index is 1510. The highest BCUT2D eigenvalue weighted by atomic mass is 35.5. The summed E-state index contributed by atoms with van der Waals surface area (Å²) < 4.78 is 1.80. The minimum absolute atomic E-state index is 0.337. The summed E-state index contributed by atoms with van der Waals surface area (Å²) in [7, 11) is 1.85. The third-order valence-corrected chi connectivity index (χ3v) is 6.84. The number of nitrogens with zero attached hydrogens (tertiary/aromatic N) is 4. The lowest BCUT2D eigenvalue weighted by atomic mass is 9.82. The quantitative estimate of drug-likeness (QED) is 0.304. The molecule has 0 aliphatic carbocycles. The molecule has 5 nitrogen and oxygen atoms in total. The van der Waals surface area contributed by atoms with E-state index in [0.717, 1.165) is 16.8 Å². The highest BCUT2D eigenvalue weighted by Crippen LogP contribution is 2.43. The van der Waals surface area contributed by atoms with Crippen molar-refractivity contribution in [2.24, 2.45) is 7.05 Å². The smallest absolute Gasteiger partial charge is 0.158 e. The molecule has 170 valence electrons. The lowest BCUT2D eigenvalue weighted by Gasteiger charge is -2.30. The number of aromatic nitrogens is 4. The largest absolute Gasteiger partial charge is 0.374 e. The van der Waals surface area contributed by atoms with Crippen molar-refractivity contribution in [3.8, 4) is 11.1 Å². The molecule has 5 rings (SSSR count). The first-order chi connectivity index (χ1) is 16.3. The van der Waals surface area contributed by atoms with Crippen LogP contribution in [0.3, 0.4) is 0 Å². The summed E-state index contributed by atoms with van der Waals surface area (Å²) >= 11 is 13.6. The summed E-state index contributed by atoms with van der Waals surface area (Å²) in [5, 5.41) is 13.8. The van der Waals surface area contributed by atoms with E-state index < -0.39 is 5.60 Å². The molecule has 1 unspecified atom stereocenters. The number of benzene rings is 2. The van der Waals surface area contributed by atoms with E-state index in [4.69, 9.17) is 23.2 Å². The van der Waals surface area contributed by atoms with Gasteiger partial charge in [0.1, 0.15) is 5.15 Å². The second kappa shape index (κ2) is 8.51. The Hall–Kier alpha value is -3.25. The first-order valence-corrected chi connectivity index (χ1v) is 11.5. The van der Waals surface area contributed by atoms with Gasteiger partial charge in [-0.05, 0) is 42.7 Å². The lowest BCUT2D eigenvalue weighted by molar-refractivity contribution is 0.117.